The van der Waals surface area contributed by atoms with E-state index in [0.717, 1.165) is 29.0 Å². The molecule has 1 N–H and O–H groups in total. The van der Waals surface area contributed by atoms with Crippen molar-refractivity contribution < 1.29 is 27.9 Å². The molecule has 0 aromatic carbocycles. The maximum absolute atomic E-state index is 12.7. The number of pyridine rings is 2. The van der Waals surface area contributed by atoms with Crippen LogP contribution in [0.4, 0.5) is 13.2 Å². The van der Waals surface area contributed by atoms with Crippen LogP contribution in [0.25, 0.3) is 16.9 Å². The van der Waals surface area contributed by atoms with Crippen molar-refractivity contribution in [3.05, 3.63) is 78.6 Å². The number of amides is 1. The lowest BCUT2D eigenvalue weighted by molar-refractivity contribution is -0.192. The molecule has 0 radical (unpaired) electrons. The van der Waals surface area contributed by atoms with Crippen LogP contribution in [0.5, 0.6) is 0 Å². The molecule has 1 amide bonds. The minimum Gasteiger partial charge on any atom is -0.475 e. The molecular formula is C23H22F3N5O3. The molecule has 178 valence electrons. The van der Waals surface area contributed by atoms with Crippen LogP contribution in [-0.4, -0.2) is 60.6 Å². The molecule has 0 bridgehead atoms. The summed E-state index contributed by atoms with van der Waals surface area (Å²) >= 11 is 0. The molecule has 0 fully saturated rings. The molecule has 4 rings (SSSR count). The highest BCUT2D eigenvalue weighted by Gasteiger charge is 2.38. The van der Waals surface area contributed by atoms with Crippen molar-refractivity contribution in [3.63, 3.8) is 0 Å². The Kier molecular flexibility index (Phi) is 7.34. The molecule has 0 saturated carbocycles. The Bertz CT molecular complexity index is 1280. The molecule has 0 unspecified atom stereocenters. The summed E-state index contributed by atoms with van der Waals surface area (Å²) in [5, 5.41) is 7.12. The first-order valence-corrected chi connectivity index (χ1v) is 10.2. The number of aromatic nitrogens is 4. The molecule has 4 aromatic heterocycles. The summed E-state index contributed by atoms with van der Waals surface area (Å²) in [7, 11) is 1.79. The first-order valence-electron chi connectivity index (χ1n) is 10.2. The van der Waals surface area contributed by atoms with Crippen LogP contribution in [0.2, 0.25) is 0 Å². The number of halogens is 3. The Morgan fingerprint density at radius 3 is 2.47 bits per heavy atom. The zero-order valence-corrected chi connectivity index (χ0v) is 18.4. The zero-order valence-electron chi connectivity index (χ0n) is 18.4. The summed E-state index contributed by atoms with van der Waals surface area (Å²) in [5.41, 5.74) is 3.40. The molecule has 0 aliphatic rings. The molecule has 34 heavy (non-hydrogen) atoms. The second-order valence-electron chi connectivity index (χ2n) is 7.30. The predicted octanol–water partition coefficient (Wildman–Crippen LogP) is 3.97. The topological polar surface area (TPSA) is 92.7 Å². The molecule has 0 spiro atoms. The molecule has 0 aliphatic carbocycles. The minimum absolute atomic E-state index is 0.0674. The maximum Gasteiger partial charge on any atom is 0.490 e. The SMILES string of the molecule is CCN(C)C(=O)c1nc(-c2ccn(Cc3cccnc3)c2)n2ccccc12.O=C(O)C(F)(F)F. The van der Waals surface area contributed by atoms with Gasteiger partial charge in [0.05, 0.1) is 5.52 Å². The summed E-state index contributed by atoms with van der Waals surface area (Å²) in [5.74, 6) is -2.06. The van der Waals surface area contributed by atoms with Crippen molar-refractivity contribution in [2.24, 2.45) is 0 Å². The number of carbonyl (C=O) groups is 2. The van der Waals surface area contributed by atoms with Crippen molar-refractivity contribution in [2.45, 2.75) is 19.6 Å². The number of nitrogens with zero attached hydrogens (tertiary/aromatic N) is 5. The molecule has 0 saturated heterocycles. The number of fused-ring (bicyclic) bond motifs is 1. The fourth-order valence-corrected chi connectivity index (χ4v) is 3.10. The number of aliphatic carboxylic acids is 1. The highest BCUT2D eigenvalue weighted by Crippen LogP contribution is 2.24. The lowest BCUT2D eigenvalue weighted by Crippen LogP contribution is -2.26. The van der Waals surface area contributed by atoms with Crippen LogP contribution >= 0.6 is 0 Å². The van der Waals surface area contributed by atoms with Crippen molar-refractivity contribution >= 4 is 17.4 Å². The van der Waals surface area contributed by atoms with Crippen LogP contribution < -0.4 is 0 Å². The third-order valence-corrected chi connectivity index (χ3v) is 4.91. The van der Waals surface area contributed by atoms with E-state index in [-0.39, 0.29) is 5.91 Å². The molecule has 4 heterocycles. The number of alkyl halides is 3. The van der Waals surface area contributed by atoms with Crippen molar-refractivity contribution in [1.29, 1.82) is 0 Å². The van der Waals surface area contributed by atoms with Gasteiger partial charge in [0.25, 0.3) is 5.91 Å². The van der Waals surface area contributed by atoms with Gasteiger partial charge in [0.1, 0.15) is 5.82 Å². The van der Waals surface area contributed by atoms with Gasteiger partial charge in [-0.15, -0.1) is 0 Å². The van der Waals surface area contributed by atoms with Gasteiger partial charge in [0.2, 0.25) is 0 Å². The predicted molar refractivity (Wildman–Crippen MR) is 118 cm³/mol. The maximum atomic E-state index is 12.7. The second kappa shape index (κ2) is 10.2. The van der Waals surface area contributed by atoms with E-state index in [1.54, 1.807) is 18.1 Å². The monoisotopic (exact) mass is 473 g/mol. The quantitative estimate of drug-likeness (QED) is 0.474. The average molecular weight is 473 g/mol. The van der Waals surface area contributed by atoms with Gasteiger partial charge in [0, 0.05) is 56.7 Å². The highest BCUT2D eigenvalue weighted by molar-refractivity contribution is 5.99. The lowest BCUT2D eigenvalue weighted by Gasteiger charge is -2.12. The largest absolute Gasteiger partial charge is 0.490 e. The van der Waals surface area contributed by atoms with Crippen molar-refractivity contribution in [2.75, 3.05) is 13.6 Å². The van der Waals surface area contributed by atoms with E-state index < -0.39 is 12.1 Å². The van der Waals surface area contributed by atoms with Gasteiger partial charge in [-0.1, -0.05) is 12.1 Å². The smallest absolute Gasteiger partial charge is 0.475 e. The van der Waals surface area contributed by atoms with Crippen LogP contribution in [0, 0.1) is 0 Å². The number of carboxylic acids is 1. The fourth-order valence-electron chi connectivity index (χ4n) is 3.10. The summed E-state index contributed by atoms with van der Waals surface area (Å²) < 4.78 is 35.8. The van der Waals surface area contributed by atoms with E-state index in [4.69, 9.17) is 14.9 Å². The number of imidazole rings is 1. The van der Waals surface area contributed by atoms with Gasteiger partial charge in [-0.2, -0.15) is 13.2 Å². The Labute approximate surface area is 192 Å². The first-order chi connectivity index (χ1) is 16.1. The number of rotatable bonds is 5. The zero-order chi connectivity index (χ0) is 24.9. The Hall–Kier alpha value is -4.15. The summed E-state index contributed by atoms with van der Waals surface area (Å²) in [6, 6.07) is 11.8. The number of hydrogen-bond acceptors (Lipinski definition) is 4. The number of carboxylic acid groups (broad SMARTS) is 1. The minimum atomic E-state index is -5.08. The van der Waals surface area contributed by atoms with Crippen LogP contribution in [0.1, 0.15) is 23.0 Å². The second-order valence-corrected chi connectivity index (χ2v) is 7.30. The van der Waals surface area contributed by atoms with Gasteiger partial charge in [-0.25, -0.2) is 9.78 Å². The average Bonchev–Trinajstić information content (AvgIpc) is 3.43. The Morgan fingerprint density at radius 2 is 1.85 bits per heavy atom. The highest BCUT2D eigenvalue weighted by atomic mass is 19.4. The lowest BCUT2D eigenvalue weighted by atomic mass is 10.3. The van der Waals surface area contributed by atoms with Crippen LogP contribution in [0.3, 0.4) is 0 Å². The molecule has 8 nitrogen and oxygen atoms in total. The number of hydrogen-bond donors (Lipinski definition) is 1. The third-order valence-electron chi connectivity index (χ3n) is 4.91. The molecule has 0 atom stereocenters. The molecular weight excluding hydrogens is 451 g/mol. The molecule has 11 heteroatoms. The van der Waals surface area contributed by atoms with Crippen molar-refractivity contribution in [3.8, 4) is 11.4 Å². The van der Waals surface area contributed by atoms with Gasteiger partial charge < -0.3 is 14.6 Å². The third kappa shape index (κ3) is 5.61. The summed E-state index contributed by atoms with van der Waals surface area (Å²) in [4.78, 5) is 32.1. The van der Waals surface area contributed by atoms with E-state index in [1.807, 2.05) is 66.4 Å². The standard InChI is InChI=1S/C21H21N5O.C2HF3O2/c1-3-24(2)21(27)19-18-8-4-5-11-26(18)20(23-19)17-9-12-25(15-17)14-16-7-6-10-22-13-16;3-2(4,5)1(6)7/h4-13,15H,3,14H2,1-2H3;(H,6,7). The van der Waals surface area contributed by atoms with E-state index in [0.29, 0.717) is 12.2 Å². The van der Waals surface area contributed by atoms with E-state index in [1.165, 1.54) is 0 Å². The van der Waals surface area contributed by atoms with Crippen LogP contribution in [-0.2, 0) is 11.3 Å². The van der Waals surface area contributed by atoms with E-state index >= 15 is 0 Å². The molecule has 4 aromatic rings. The van der Waals surface area contributed by atoms with Crippen LogP contribution in [0.15, 0.2) is 67.4 Å². The summed E-state index contributed by atoms with van der Waals surface area (Å²) in [6.45, 7) is 3.33. The Morgan fingerprint density at radius 1 is 1.12 bits per heavy atom. The van der Waals surface area contributed by atoms with E-state index in [9.17, 15) is 18.0 Å². The van der Waals surface area contributed by atoms with E-state index in [2.05, 4.69) is 15.6 Å². The van der Waals surface area contributed by atoms with Gasteiger partial charge in [-0.05, 0) is 36.8 Å². The fraction of sp³-hybridized carbons (Fsp3) is 0.217. The Balaban J connectivity index is 0.000000406. The van der Waals surface area contributed by atoms with Crippen molar-refractivity contribution in [1.82, 2.24) is 23.8 Å². The first kappa shape index (κ1) is 24.5. The summed E-state index contributed by atoms with van der Waals surface area (Å²) in [6.07, 6.45) is 4.56. The number of carbonyl (C=O) groups excluding carboxylic acids is 1. The normalized spacial score (nSPS) is 11.1. The van der Waals surface area contributed by atoms with Gasteiger partial charge in [-0.3, -0.25) is 14.2 Å². The van der Waals surface area contributed by atoms with Gasteiger partial charge >= 0.3 is 12.1 Å². The molecule has 0 aliphatic heterocycles. The van der Waals surface area contributed by atoms with Gasteiger partial charge in [0.15, 0.2) is 5.69 Å².